The van der Waals surface area contributed by atoms with Gasteiger partial charge in [0, 0.05) is 28.8 Å². The molecule has 156 valence electrons. The number of benzene rings is 2. The molecule has 1 aromatic heterocycles. The van der Waals surface area contributed by atoms with E-state index in [0.29, 0.717) is 12.3 Å². The van der Waals surface area contributed by atoms with Crippen molar-refractivity contribution in [1.29, 1.82) is 0 Å². The molecule has 2 aromatic carbocycles. The van der Waals surface area contributed by atoms with E-state index in [-0.39, 0.29) is 35.7 Å². The zero-order valence-corrected chi connectivity index (χ0v) is 17.2. The van der Waals surface area contributed by atoms with Gasteiger partial charge in [-0.25, -0.2) is 9.07 Å². The molecule has 0 radical (unpaired) electrons. The summed E-state index contributed by atoms with van der Waals surface area (Å²) in [5.74, 6) is -0.163. The van der Waals surface area contributed by atoms with E-state index < -0.39 is 11.7 Å². The third kappa shape index (κ3) is 5.45. The number of amides is 1. The van der Waals surface area contributed by atoms with Crippen LogP contribution in [0.15, 0.2) is 59.4 Å². The van der Waals surface area contributed by atoms with Crippen LogP contribution in [0.5, 0.6) is 5.75 Å². The smallest absolute Gasteiger partial charge is 0.266 e. The van der Waals surface area contributed by atoms with Gasteiger partial charge in [0.15, 0.2) is 0 Å². The summed E-state index contributed by atoms with van der Waals surface area (Å²) in [5.41, 5.74) is 1.33. The number of ether oxygens (including phenoxy) is 1. The van der Waals surface area contributed by atoms with Crippen molar-refractivity contribution in [2.45, 2.75) is 19.9 Å². The molecule has 0 fully saturated rings. The minimum absolute atomic E-state index is 0.143. The molecule has 3 aromatic rings. The molecule has 0 aliphatic heterocycles. The third-order valence-corrected chi connectivity index (χ3v) is 4.73. The van der Waals surface area contributed by atoms with Crippen LogP contribution in [0.25, 0.3) is 11.3 Å². The number of hydrogen-bond donors (Lipinski definition) is 1. The van der Waals surface area contributed by atoms with Crippen molar-refractivity contribution in [3.8, 4) is 17.0 Å². The molecule has 30 heavy (non-hydrogen) atoms. The molecule has 1 N–H and O–H groups in total. The fourth-order valence-electron chi connectivity index (χ4n) is 2.88. The molecule has 0 spiro atoms. The molecule has 0 unspecified atom stereocenters. The van der Waals surface area contributed by atoms with Crippen molar-refractivity contribution in [3.05, 3.63) is 81.4 Å². The van der Waals surface area contributed by atoms with E-state index in [1.165, 1.54) is 28.9 Å². The number of hydrogen-bond acceptors (Lipinski definition) is 4. The molecular formula is C22H21ClFN3O3. The Morgan fingerprint density at radius 3 is 2.63 bits per heavy atom. The van der Waals surface area contributed by atoms with Crippen LogP contribution in [-0.2, 0) is 17.8 Å². The highest BCUT2D eigenvalue weighted by Crippen LogP contribution is 2.20. The van der Waals surface area contributed by atoms with E-state index >= 15 is 0 Å². The lowest BCUT2D eigenvalue weighted by Gasteiger charge is -2.10. The first-order valence-corrected chi connectivity index (χ1v) is 9.86. The van der Waals surface area contributed by atoms with Gasteiger partial charge < -0.3 is 10.1 Å². The molecule has 1 amide bonds. The zero-order chi connectivity index (χ0) is 21.5. The topological polar surface area (TPSA) is 73.2 Å². The van der Waals surface area contributed by atoms with Gasteiger partial charge in [-0.15, -0.1) is 0 Å². The van der Waals surface area contributed by atoms with Gasteiger partial charge in [-0.1, -0.05) is 17.7 Å². The van der Waals surface area contributed by atoms with Gasteiger partial charge in [0.1, 0.15) is 11.6 Å². The van der Waals surface area contributed by atoms with Gasteiger partial charge in [-0.3, -0.25) is 9.59 Å². The Morgan fingerprint density at radius 2 is 1.93 bits per heavy atom. The van der Waals surface area contributed by atoms with Crippen molar-refractivity contribution in [2.75, 3.05) is 13.2 Å². The summed E-state index contributed by atoms with van der Waals surface area (Å²) in [6.07, 6.45) is -0.181. The number of rotatable bonds is 8. The van der Waals surface area contributed by atoms with E-state index in [9.17, 15) is 14.0 Å². The van der Waals surface area contributed by atoms with Crippen LogP contribution in [0, 0.1) is 5.82 Å². The van der Waals surface area contributed by atoms with Gasteiger partial charge in [0.05, 0.1) is 25.3 Å². The van der Waals surface area contributed by atoms with Crippen molar-refractivity contribution in [3.63, 3.8) is 0 Å². The van der Waals surface area contributed by atoms with Crippen LogP contribution in [0.2, 0.25) is 5.02 Å². The minimum Gasteiger partial charge on any atom is -0.494 e. The Balaban J connectivity index is 1.62. The van der Waals surface area contributed by atoms with Crippen LogP contribution < -0.4 is 15.6 Å². The Kier molecular flexibility index (Phi) is 7.19. The molecule has 1 heterocycles. The summed E-state index contributed by atoms with van der Waals surface area (Å²) in [7, 11) is 0. The Morgan fingerprint density at radius 1 is 1.17 bits per heavy atom. The molecule has 0 bridgehead atoms. The molecule has 0 aliphatic carbocycles. The lowest BCUT2D eigenvalue weighted by Crippen LogP contribution is -2.32. The van der Waals surface area contributed by atoms with Crippen molar-refractivity contribution >= 4 is 17.5 Å². The first kappa shape index (κ1) is 21.5. The molecule has 8 heteroatoms. The zero-order valence-electron chi connectivity index (χ0n) is 16.4. The Hall–Kier alpha value is -3.19. The van der Waals surface area contributed by atoms with E-state index in [2.05, 4.69) is 10.4 Å². The number of halogens is 2. The van der Waals surface area contributed by atoms with E-state index in [0.717, 1.165) is 11.3 Å². The van der Waals surface area contributed by atoms with Crippen LogP contribution in [0.4, 0.5) is 4.39 Å². The predicted octanol–water partition coefficient (Wildman–Crippen LogP) is 3.46. The largest absolute Gasteiger partial charge is 0.494 e. The van der Waals surface area contributed by atoms with Crippen molar-refractivity contribution < 1.29 is 13.9 Å². The summed E-state index contributed by atoms with van der Waals surface area (Å²) >= 11 is 5.94. The lowest BCUT2D eigenvalue weighted by atomic mass is 10.1. The first-order valence-electron chi connectivity index (χ1n) is 9.49. The second kappa shape index (κ2) is 10.0. The normalized spacial score (nSPS) is 10.6. The maximum atomic E-state index is 13.8. The quantitative estimate of drug-likeness (QED) is 0.595. The van der Waals surface area contributed by atoms with Crippen LogP contribution in [0.1, 0.15) is 12.5 Å². The monoisotopic (exact) mass is 429 g/mol. The summed E-state index contributed by atoms with van der Waals surface area (Å²) in [5, 5.41) is 7.22. The molecule has 0 saturated carbocycles. The average Bonchev–Trinajstić information content (AvgIpc) is 2.73. The number of carbonyl (C=O) groups excluding carboxylic acids is 1. The fourth-order valence-corrected chi connectivity index (χ4v) is 3.11. The third-order valence-electron chi connectivity index (χ3n) is 4.37. The summed E-state index contributed by atoms with van der Waals surface area (Å²) in [6, 6.07) is 14.7. The number of carbonyl (C=O) groups is 1. The molecular weight excluding hydrogens is 409 g/mol. The van der Waals surface area contributed by atoms with Gasteiger partial charge in [-0.05, 0) is 49.4 Å². The van der Waals surface area contributed by atoms with Crippen LogP contribution in [0.3, 0.4) is 0 Å². The molecule has 0 aliphatic rings. The van der Waals surface area contributed by atoms with Crippen LogP contribution in [-0.4, -0.2) is 28.8 Å². The van der Waals surface area contributed by atoms with Gasteiger partial charge in [0.25, 0.3) is 5.56 Å². The fraction of sp³-hybridized carbons (Fsp3) is 0.227. The minimum atomic E-state index is -0.529. The van der Waals surface area contributed by atoms with Crippen molar-refractivity contribution in [2.24, 2.45) is 0 Å². The standard InChI is InChI=1S/C22H21ClFN3O3/c1-2-30-16-8-6-15(7-9-16)20-10-11-22(29)27(26-20)13-12-25-21(28)14-17-18(23)4-3-5-19(17)24/h3-11H,2,12-14H2,1H3,(H,25,28). The van der Waals surface area contributed by atoms with Crippen molar-refractivity contribution in [1.82, 2.24) is 15.1 Å². The van der Waals surface area contributed by atoms with E-state index in [1.807, 2.05) is 31.2 Å². The molecule has 0 saturated heterocycles. The Bertz CT molecular complexity index is 1060. The average molecular weight is 430 g/mol. The second-order valence-corrected chi connectivity index (χ2v) is 6.87. The second-order valence-electron chi connectivity index (χ2n) is 6.46. The Labute approximate surface area is 178 Å². The maximum absolute atomic E-state index is 13.8. The van der Waals surface area contributed by atoms with Crippen LogP contribution >= 0.6 is 11.6 Å². The molecule has 0 atom stereocenters. The maximum Gasteiger partial charge on any atom is 0.266 e. The lowest BCUT2D eigenvalue weighted by molar-refractivity contribution is -0.120. The number of aromatic nitrogens is 2. The predicted molar refractivity (Wildman–Crippen MR) is 113 cm³/mol. The van der Waals surface area contributed by atoms with E-state index in [4.69, 9.17) is 16.3 Å². The highest BCUT2D eigenvalue weighted by Gasteiger charge is 2.12. The van der Waals surface area contributed by atoms with Gasteiger partial charge >= 0.3 is 0 Å². The number of nitrogens with one attached hydrogen (secondary N) is 1. The van der Waals surface area contributed by atoms with Gasteiger partial charge in [0.2, 0.25) is 5.91 Å². The first-order chi connectivity index (χ1) is 14.5. The molecule has 3 rings (SSSR count). The van der Waals surface area contributed by atoms with E-state index in [1.54, 1.807) is 6.07 Å². The molecule has 6 nitrogen and oxygen atoms in total. The highest BCUT2D eigenvalue weighted by atomic mass is 35.5. The summed E-state index contributed by atoms with van der Waals surface area (Å²) in [4.78, 5) is 24.2. The van der Waals surface area contributed by atoms with Gasteiger partial charge in [-0.2, -0.15) is 5.10 Å². The highest BCUT2D eigenvalue weighted by molar-refractivity contribution is 6.31. The SMILES string of the molecule is CCOc1ccc(-c2ccc(=O)n(CCNC(=O)Cc3c(F)cccc3Cl)n2)cc1. The summed E-state index contributed by atoms with van der Waals surface area (Å²) in [6.45, 7) is 2.84. The summed E-state index contributed by atoms with van der Waals surface area (Å²) < 4.78 is 20.5. The number of nitrogens with zero attached hydrogens (tertiary/aromatic N) is 2.